The molecule has 19 heavy (non-hydrogen) atoms. The van der Waals surface area contributed by atoms with E-state index in [0.717, 1.165) is 17.5 Å². The molecule has 0 radical (unpaired) electrons. The van der Waals surface area contributed by atoms with Crippen molar-refractivity contribution in [3.05, 3.63) is 24.0 Å². The summed E-state index contributed by atoms with van der Waals surface area (Å²) >= 11 is 0. The van der Waals surface area contributed by atoms with Gasteiger partial charge in [0.2, 0.25) is 0 Å². The number of ether oxygens (including phenoxy) is 1. The molecule has 1 heterocycles. The first kappa shape index (κ1) is 13.4. The van der Waals surface area contributed by atoms with Crippen molar-refractivity contribution in [1.29, 1.82) is 0 Å². The predicted octanol–water partition coefficient (Wildman–Crippen LogP) is 2.72. The Kier molecular flexibility index (Phi) is 4.04. The van der Waals surface area contributed by atoms with Crippen LogP contribution in [-0.2, 0) is 9.53 Å². The first-order valence-electron chi connectivity index (χ1n) is 6.51. The van der Waals surface area contributed by atoms with E-state index in [1.54, 1.807) is 25.1 Å². The summed E-state index contributed by atoms with van der Waals surface area (Å²) in [5.74, 6) is 0.138. The lowest BCUT2D eigenvalue weighted by atomic mass is 10.0. The van der Waals surface area contributed by atoms with Crippen molar-refractivity contribution >= 4 is 17.0 Å². The third-order valence-corrected chi connectivity index (χ3v) is 2.96. The number of phenols is 1. The molecule has 0 aliphatic rings. The number of carbonyl (C=O) groups is 1. The first-order valence-corrected chi connectivity index (χ1v) is 6.51. The molecule has 5 heteroatoms. The molecule has 0 saturated heterocycles. The van der Waals surface area contributed by atoms with Crippen LogP contribution in [0, 0.1) is 0 Å². The molecule has 5 nitrogen and oxygen atoms in total. The first-order chi connectivity index (χ1) is 9.15. The van der Waals surface area contributed by atoms with Gasteiger partial charge in [-0.1, -0.05) is 13.3 Å². The zero-order chi connectivity index (χ0) is 13.8. The molecule has 2 aromatic rings. The average Bonchev–Trinajstić information content (AvgIpc) is 2.78. The lowest BCUT2D eigenvalue weighted by Gasteiger charge is -2.11. The summed E-state index contributed by atoms with van der Waals surface area (Å²) in [6, 6.07) is 4.89. The van der Waals surface area contributed by atoms with E-state index < -0.39 is 0 Å². The van der Waals surface area contributed by atoms with E-state index >= 15 is 0 Å². The largest absolute Gasteiger partial charge is 0.508 e. The molecule has 0 fully saturated rings. The van der Waals surface area contributed by atoms with Crippen molar-refractivity contribution in [2.24, 2.45) is 0 Å². The lowest BCUT2D eigenvalue weighted by molar-refractivity contribution is -0.145. The van der Waals surface area contributed by atoms with Crippen molar-refractivity contribution < 1.29 is 14.6 Å². The van der Waals surface area contributed by atoms with E-state index in [9.17, 15) is 9.90 Å². The summed E-state index contributed by atoms with van der Waals surface area (Å²) in [7, 11) is 0. The Bertz CT molecular complexity index is 577. The standard InChI is InChI=1S/C14H18N2O3/c1-3-5-10(14(18)19-4-2)13-15-11-7-6-9(17)8-12(11)16-13/h6-8,10,17H,3-5H2,1-2H3,(H,15,16). The summed E-state index contributed by atoms with van der Waals surface area (Å²) in [6.07, 6.45) is 1.55. The molecule has 1 unspecified atom stereocenters. The highest BCUT2D eigenvalue weighted by Gasteiger charge is 2.24. The fraction of sp³-hybridized carbons (Fsp3) is 0.429. The third kappa shape index (κ3) is 2.86. The van der Waals surface area contributed by atoms with Gasteiger partial charge in [-0.3, -0.25) is 4.79 Å². The number of nitrogens with one attached hydrogen (secondary N) is 1. The van der Waals surface area contributed by atoms with Crippen molar-refractivity contribution in [1.82, 2.24) is 9.97 Å². The Morgan fingerprint density at radius 2 is 2.26 bits per heavy atom. The van der Waals surface area contributed by atoms with E-state index in [1.165, 1.54) is 0 Å². The maximum atomic E-state index is 11.9. The van der Waals surface area contributed by atoms with Gasteiger partial charge in [0.15, 0.2) is 0 Å². The number of rotatable bonds is 5. The summed E-state index contributed by atoms with van der Waals surface area (Å²) < 4.78 is 5.08. The van der Waals surface area contributed by atoms with Gasteiger partial charge in [-0.05, 0) is 25.5 Å². The number of hydrogen-bond donors (Lipinski definition) is 2. The number of phenolic OH excluding ortho intramolecular Hbond substituents is 1. The molecule has 0 aliphatic carbocycles. The van der Waals surface area contributed by atoms with E-state index in [2.05, 4.69) is 9.97 Å². The van der Waals surface area contributed by atoms with Gasteiger partial charge in [-0.25, -0.2) is 4.98 Å². The molecule has 1 aromatic heterocycles. The second-order valence-corrected chi connectivity index (χ2v) is 4.42. The van der Waals surface area contributed by atoms with Crippen molar-refractivity contribution in [3.63, 3.8) is 0 Å². The van der Waals surface area contributed by atoms with E-state index in [0.29, 0.717) is 18.9 Å². The summed E-state index contributed by atoms with van der Waals surface area (Å²) in [6.45, 7) is 4.17. The minimum absolute atomic E-state index is 0.172. The number of benzene rings is 1. The van der Waals surface area contributed by atoms with Crippen LogP contribution in [0.1, 0.15) is 38.4 Å². The molecular weight excluding hydrogens is 244 g/mol. The Hall–Kier alpha value is -2.04. The van der Waals surface area contributed by atoms with E-state index in [4.69, 9.17) is 4.74 Å². The van der Waals surface area contributed by atoms with Gasteiger partial charge in [0.1, 0.15) is 17.5 Å². The van der Waals surface area contributed by atoms with Crippen LogP contribution in [0.2, 0.25) is 0 Å². The molecule has 0 spiro atoms. The number of aromatic hydroxyl groups is 1. The summed E-state index contributed by atoms with van der Waals surface area (Å²) in [5, 5.41) is 9.44. The number of hydrogen-bond acceptors (Lipinski definition) is 4. The van der Waals surface area contributed by atoms with Crippen LogP contribution in [0.25, 0.3) is 11.0 Å². The fourth-order valence-electron chi connectivity index (χ4n) is 2.08. The van der Waals surface area contributed by atoms with Gasteiger partial charge in [-0.15, -0.1) is 0 Å². The second kappa shape index (κ2) is 5.73. The molecule has 0 saturated carbocycles. The monoisotopic (exact) mass is 262 g/mol. The Balaban J connectivity index is 2.35. The second-order valence-electron chi connectivity index (χ2n) is 4.42. The molecule has 2 N–H and O–H groups in total. The quantitative estimate of drug-likeness (QED) is 0.812. The number of esters is 1. The maximum absolute atomic E-state index is 11.9. The van der Waals surface area contributed by atoms with Crippen molar-refractivity contribution in [2.75, 3.05) is 6.61 Å². The molecule has 0 aliphatic heterocycles. The van der Waals surface area contributed by atoms with E-state index in [-0.39, 0.29) is 17.6 Å². The highest BCUT2D eigenvalue weighted by atomic mass is 16.5. The minimum Gasteiger partial charge on any atom is -0.508 e. The molecule has 1 aromatic carbocycles. The fourth-order valence-corrected chi connectivity index (χ4v) is 2.08. The highest BCUT2D eigenvalue weighted by Crippen LogP contribution is 2.25. The molecule has 102 valence electrons. The molecule has 1 atom stereocenters. The summed E-state index contributed by atoms with van der Waals surface area (Å²) in [4.78, 5) is 19.4. The lowest BCUT2D eigenvalue weighted by Crippen LogP contribution is -2.17. The Morgan fingerprint density at radius 3 is 2.95 bits per heavy atom. The zero-order valence-electron chi connectivity index (χ0n) is 11.1. The van der Waals surface area contributed by atoms with Crippen molar-refractivity contribution in [2.45, 2.75) is 32.6 Å². The van der Waals surface area contributed by atoms with Gasteiger partial charge in [0.05, 0.1) is 17.6 Å². The van der Waals surface area contributed by atoms with Crippen LogP contribution >= 0.6 is 0 Å². The van der Waals surface area contributed by atoms with Gasteiger partial charge >= 0.3 is 5.97 Å². The normalized spacial score (nSPS) is 12.5. The molecule has 0 amide bonds. The zero-order valence-corrected chi connectivity index (χ0v) is 11.1. The minimum atomic E-state index is -0.375. The molecule has 0 bridgehead atoms. The van der Waals surface area contributed by atoms with Crippen molar-refractivity contribution in [3.8, 4) is 5.75 Å². The number of nitrogens with zero attached hydrogens (tertiary/aromatic N) is 1. The van der Waals surface area contributed by atoms with Crippen LogP contribution in [0.15, 0.2) is 18.2 Å². The van der Waals surface area contributed by atoms with Crippen LogP contribution in [0.3, 0.4) is 0 Å². The van der Waals surface area contributed by atoms with Crippen LogP contribution in [0.4, 0.5) is 0 Å². The Morgan fingerprint density at radius 1 is 1.47 bits per heavy atom. The predicted molar refractivity (Wildman–Crippen MR) is 72.0 cm³/mol. The van der Waals surface area contributed by atoms with Crippen LogP contribution in [-0.4, -0.2) is 27.7 Å². The SMILES string of the molecule is CCCC(C(=O)OCC)c1nc2ccc(O)cc2[nH]1. The topological polar surface area (TPSA) is 75.2 Å². The van der Waals surface area contributed by atoms with E-state index in [1.807, 2.05) is 6.92 Å². The van der Waals surface area contributed by atoms with Gasteiger partial charge in [0.25, 0.3) is 0 Å². The number of fused-ring (bicyclic) bond motifs is 1. The smallest absolute Gasteiger partial charge is 0.316 e. The maximum Gasteiger partial charge on any atom is 0.316 e. The molecular formula is C14H18N2O3. The van der Waals surface area contributed by atoms with Crippen LogP contribution in [0.5, 0.6) is 5.75 Å². The van der Waals surface area contributed by atoms with Crippen LogP contribution < -0.4 is 0 Å². The number of imidazole rings is 1. The third-order valence-electron chi connectivity index (χ3n) is 2.96. The highest BCUT2D eigenvalue weighted by molar-refractivity contribution is 5.81. The average molecular weight is 262 g/mol. The van der Waals surface area contributed by atoms with Gasteiger partial charge < -0.3 is 14.8 Å². The number of H-pyrrole nitrogens is 1. The molecule has 2 rings (SSSR count). The number of aromatic amines is 1. The van der Waals surface area contributed by atoms with Gasteiger partial charge in [0, 0.05) is 6.07 Å². The number of aromatic nitrogens is 2. The summed E-state index contributed by atoms with van der Waals surface area (Å²) in [5.41, 5.74) is 1.46. The Labute approximate surface area is 111 Å². The van der Waals surface area contributed by atoms with Gasteiger partial charge in [-0.2, -0.15) is 0 Å². The number of carbonyl (C=O) groups excluding carboxylic acids is 1.